The highest BCUT2D eigenvalue weighted by Gasteiger charge is 2.33. The van der Waals surface area contributed by atoms with Crippen LogP contribution in [0.2, 0.25) is 0 Å². The second kappa shape index (κ2) is 4.40. The van der Waals surface area contributed by atoms with Gasteiger partial charge in [-0.2, -0.15) is 18.3 Å². The number of aromatic nitrogens is 4. The quantitative estimate of drug-likeness (QED) is 0.829. The zero-order chi connectivity index (χ0) is 13.3. The van der Waals surface area contributed by atoms with Gasteiger partial charge in [-0.1, -0.05) is 13.8 Å². The fourth-order valence-corrected chi connectivity index (χ4v) is 1.36. The number of hydrogen-bond acceptors (Lipinski definition) is 3. The van der Waals surface area contributed by atoms with Crippen molar-refractivity contribution in [3.05, 3.63) is 35.9 Å². The number of nitrogens with zero attached hydrogens (tertiary/aromatic N) is 4. The van der Waals surface area contributed by atoms with Crippen LogP contribution in [0, 0.1) is 0 Å². The third-order valence-corrected chi connectivity index (χ3v) is 2.41. The van der Waals surface area contributed by atoms with Crippen molar-refractivity contribution in [2.75, 3.05) is 0 Å². The zero-order valence-electron chi connectivity index (χ0n) is 9.81. The summed E-state index contributed by atoms with van der Waals surface area (Å²) in [5, 5.41) is 3.96. The molecule has 0 unspecified atom stereocenters. The van der Waals surface area contributed by atoms with Crippen molar-refractivity contribution in [1.29, 1.82) is 0 Å². The van der Waals surface area contributed by atoms with Crippen LogP contribution in [-0.2, 0) is 6.18 Å². The van der Waals surface area contributed by atoms with Crippen LogP contribution in [-0.4, -0.2) is 19.7 Å². The Labute approximate surface area is 101 Å². The van der Waals surface area contributed by atoms with Crippen LogP contribution in [0.1, 0.15) is 31.0 Å². The molecule has 0 aliphatic carbocycles. The van der Waals surface area contributed by atoms with Gasteiger partial charge in [0.25, 0.3) is 5.95 Å². The molecule has 0 N–H and O–H groups in total. The van der Waals surface area contributed by atoms with E-state index < -0.39 is 11.9 Å². The molecule has 0 radical (unpaired) electrons. The first-order valence-corrected chi connectivity index (χ1v) is 5.33. The van der Waals surface area contributed by atoms with E-state index in [9.17, 15) is 13.2 Å². The lowest BCUT2D eigenvalue weighted by Crippen LogP contribution is -2.11. The normalized spacial score (nSPS) is 12.1. The summed E-state index contributed by atoms with van der Waals surface area (Å²) in [6.45, 7) is 3.93. The van der Waals surface area contributed by atoms with Gasteiger partial charge < -0.3 is 0 Å². The highest BCUT2D eigenvalue weighted by Crippen LogP contribution is 2.27. The topological polar surface area (TPSA) is 43.6 Å². The second-order valence-electron chi connectivity index (χ2n) is 4.11. The standard InChI is InChI=1S/C11H11F3N4/c1-7(2)8-5-16-18(6-8)10-15-4-3-9(17-10)11(12,13)14/h3-7H,1-2H3. The Balaban J connectivity index is 2.38. The minimum Gasteiger partial charge on any atom is -0.220 e. The molecule has 0 atom stereocenters. The Morgan fingerprint density at radius 1 is 1.28 bits per heavy atom. The van der Waals surface area contributed by atoms with E-state index in [1.54, 1.807) is 12.4 Å². The van der Waals surface area contributed by atoms with E-state index >= 15 is 0 Å². The molecular formula is C11H11F3N4. The van der Waals surface area contributed by atoms with Crippen molar-refractivity contribution in [3.8, 4) is 5.95 Å². The summed E-state index contributed by atoms with van der Waals surface area (Å²) >= 11 is 0. The number of hydrogen-bond donors (Lipinski definition) is 0. The Kier molecular flexibility index (Phi) is 3.06. The third-order valence-electron chi connectivity index (χ3n) is 2.41. The molecule has 96 valence electrons. The Morgan fingerprint density at radius 3 is 2.56 bits per heavy atom. The first-order valence-electron chi connectivity index (χ1n) is 5.33. The lowest BCUT2D eigenvalue weighted by atomic mass is 10.1. The summed E-state index contributed by atoms with van der Waals surface area (Å²) in [4.78, 5) is 7.24. The summed E-state index contributed by atoms with van der Waals surface area (Å²) in [7, 11) is 0. The van der Waals surface area contributed by atoms with Crippen LogP contribution in [0.3, 0.4) is 0 Å². The van der Waals surface area contributed by atoms with E-state index in [1.807, 2.05) is 13.8 Å². The SMILES string of the molecule is CC(C)c1cnn(-c2nccc(C(F)(F)F)n2)c1. The average molecular weight is 256 g/mol. The fourth-order valence-electron chi connectivity index (χ4n) is 1.36. The molecule has 0 saturated heterocycles. The van der Waals surface area contributed by atoms with E-state index in [-0.39, 0.29) is 11.9 Å². The van der Waals surface area contributed by atoms with Crippen LogP contribution in [0.15, 0.2) is 24.7 Å². The van der Waals surface area contributed by atoms with Gasteiger partial charge in [-0.15, -0.1) is 0 Å². The predicted molar refractivity (Wildman–Crippen MR) is 58.2 cm³/mol. The molecule has 2 aromatic rings. The molecule has 0 aromatic carbocycles. The molecule has 18 heavy (non-hydrogen) atoms. The van der Waals surface area contributed by atoms with Gasteiger partial charge in [0.05, 0.1) is 6.20 Å². The second-order valence-corrected chi connectivity index (χ2v) is 4.11. The lowest BCUT2D eigenvalue weighted by molar-refractivity contribution is -0.141. The van der Waals surface area contributed by atoms with Crippen LogP contribution < -0.4 is 0 Å². The summed E-state index contributed by atoms with van der Waals surface area (Å²) in [5.74, 6) is 0.154. The van der Waals surface area contributed by atoms with Crippen molar-refractivity contribution in [3.63, 3.8) is 0 Å². The van der Waals surface area contributed by atoms with E-state index in [2.05, 4.69) is 15.1 Å². The number of halogens is 3. The summed E-state index contributed by atoms with van der Waals surface area (Å²) in [5.41, 5.74) is -0.0647. The maximum atomic E-state index is 12.5. The smallest absolute Gasteiger partial charge is 0.220 e. The minimum atomic E-state index is -4.48. The molecule has 0 saturated carbocycles. The molecule has 0 fully saturated rings. The first kappa shape index (κ1) is 12.5. The van der Waals surface area contributed by atoms with Gasteiger partial charge in [0.15, 0.2) is 0 Å². The Morgan fingerprint density at radius 2 is 2.00 bits per heavy atom. The van der Waals surface area contributed by atoms with Crippen LogP contribution in [0.25, 0.3) is 5.95 Å². The van der Waals surface area contributed by atoms with Crippen molar-refractivity contribution in [2.24, 2.45) is 0 Å². The van der Waals surface area contributed by atoms with Crippen molar-refractivity contribution in [1.82, 2.24) is 19.7 Å². The van der Waals surface area contributed by atoms with E-state index in [0.29, 0.717) is 0 Å². The lowest BCUT2D eigenvalue weighted by Gasteiger charge is -2.06. The zero-order valence-corrected chi connectivity index (χ0v) is 9.81. The molecular weight excluding hydrogens is 245 g/mol. The Bertz CT molecular complexity index is 545. The molecule has 7 heteroatoms. The summed E-state index contributed by atoms with van der Waals surface area (Å²) in [6, 6.07) is 0.830. The van der Waals surface area contributed by atoms with E-state index in [0.717, 1.165) is 17.8 Å². The van der Waals surface area contributed by atoms with Gasteiger partial charge >= 0.3 is 6.18 Å². The highest BCUT2D eigenvalue weighted by molar-refractivity contribution is 5.19. The molecule has 2 heterocycles. The van der Waals surface area contributed by atoms with Crippen LogP contribution >= 0.6 is 0 Å². The van der Waals surface area contributed by atoms with Gasteiger partial charge in [0.2, 0.25) is 0 Å². The monoisotopic (exact) mass is 256 g/mol. The highest BCUT2D eigenvalue weighted by atomic mass is 19.4. The molecule has 4 nitrogen and oxygen atoms in total. The maximum Gasteiger partial charge on any atom is 0.433 e. The number of rotatable bonds is 2. The predicted octanol–water partition coefficient (Wildman–Crippen LogP) is 2.80. The van der Waals surface area contributed by atoms with E-state index in [4.69, 9.17) is 0 Å². The number of alkyl halides is 3. The minimum absolute atomic E-state index is 0.0864. The van der Waals surface area contributed by atoms with E-state index in [1.165, 1.54) is 4.68 Å². The van der Waals surface area contributed by atoms with Crippen LogP contribution in [0.4, 0.5) is 13.2 Å². The van der Waals surface area contributed by atoms with Crippen molar-refractivity contribution < 1.29 is 13.2 Å². The molecule has 0 aliphatic heterocycles. The summed E-state index contributed by atoms with van der Waals surface area (Å²) in [6.07, 6.45) is -0.192. The maximum absolute atomic E-state index is 12.5. The van der Waals surface area contributed by atoms with Gasteiger partial charge in [0, 0.05) is 12.4 Å². The molecule has 0 bridgehead atoms. The molecule has 0 amide bonds. The molecule has 2 rings (SSSR count). The van der Waals surface area contributed by atoms with Gasteiger partial charge in [-0.25, -0.2) is 14.6 Å². The molecule has 0 spiro atoms. The van der Waals surface area contributed by atoms with Crippen molar-refractivity contribution in [2.45, 2.75) is 25.9 Å². The fraction of sp³-hybridized carbons (Fsp3) is 0.364. The van der Waals surface area contributed by atoms with Gasteiger partial charge in [0.1, 0.15) is 5.69 Å². The Hall–Kier alpha value is -1.92. The van der Waals surface area contributed by atoms with Gasteiger partial charge in [-0.3, -0.25) is 0 Å². The molecule has 2 aromatic heterocycles. The summed E-state index contributed by atoms with van der Waals surface area (Å²) < 4.78 is 38.7. The van der Waals surface area contributed by atoms with Crippen molar-refractivity contribution >= 4 is 0 Å². The first-order chi connectivity index (χ1) is 8.38. The van der Waals surface area contributed by atoms with Gasteiger partial charge in [-0.05, 0) is 17.5 Å². The van der Waals surface area contributed by atoms with Crippen LogP contribution in [0.5, 0.6) is 0 Å². The largest absolute Gasteiger partial charge is 0.433 e. The molecule has 0 aliphatic rings. The third kappa shape index (κ3) is 2.49. The average Bonchev–Trinajstić information content (AvgIpc) is 2.77.